The monoisotopic (exact) mass is 457 g/mol. The number of carbonyl (C=O) groups excluding carboxylic acids is 1. The first-order chi connectivity index (χ1) is 15.0. The van der Waals surface area contributed by atoms with Crippen LogP contribution in [0.1, 0.15) is 11.1 Å². The summed E-state index contributed by atoms with van der Waals surface area (Å²) in [6.45, 7) is 6.76. The van der Waals surface area contributed by atoms with Gasteiger partial charge in [-0.25, -0.2) is 0 Å². The lowest BCUT2D eigenvalue weighted by molar-refractivity contribution is -0.113. The number of halogens is 1. The summed E-state index contributed by atoms with van der Waals surface area (Å²) in [5.41, 5.74) is 3.68. The zero-order valence-electron chi connectivity index (χ0n) is 17.5. The first kappa shape index (κ1) is 21.7. The number of ether oxygens (including phenoxy) is 1. The topological polar surface area (TPSA) is 72.3 Å². The van der Waals surface area contributed by atoms with E-state index in [4.69, 9.17) is 16.3 Å². The maximum Gasteiger partial charge on any atom is 0.234 e. The van der Waals surface area contributed by atoms with Crippen molar-refractivity contribution in [3.05, 3.63) is 58.6 Å². The number of aromatic nitrogens is 3. The summed E-state index contributed by atoms with van der Waals surface area (Å²) in [5, 5.41) is 13.1. The predicted molar refractivity (Wildman–Crippen MR) is 125 cm³/mol. The number of benzene rings is 2. The third-order valence-corrected chi connectivity index (χ3v) is 6.38. The van der Waals surface area contributed by atoms with Gasteiger partial charge in [0.05, 0.1) is 24.7 Å². The molecular formula is C22H24ClN5O2S. The lowest BCUT2D eigenvalue weighted by atomic mass is 10.2. The second kappa shape index (κ2) is 9.72. The number of amides is 1. The molecule has 0 spiro atoms. The normalized spacial score (nSPS) is 14.0. The van der Waals surface area contributed by atoms with Gasteiger partial charge in [0, 0.05) is 23.8 Å². The fourth-order valence-electron chi connectivity index (χ4n) is 3.38. The summed E-state index contributed by atoms with van der Waals surface area (Å²) in [5.74, 6) is 0.850. The van der Waals surface area contributed by atoms with Gasteiger partial charge in [0.25, 0.3) is 0 Å². The molecule has 3 aromatic rings. The van der Waals surface area contributed by atoms with Gasteiger partial charge in [0.15, 0.2) is 5.16 Å². The highest BCUT2D eigenvalue weighted by Gasteiger charge is 2.22. The third-order valence-electron chi connectivity index (χ3n) is 5.04. The predicted octanol–water partition coefficient (Wildman–Crippen LogP) is 4.10. The number of aryl methyl sites for hydroxylation is 1. The van der Waals surface area contributed by atoms with Crippen LogP contribution in [0.15, 0.2) is 47.6 Å². The molecule has 31 heavy (non-hydrogen) atoms. The molecule has 162 valence electrons. The Morgan fingerprint density at radius 1 is 1.16 bits per heavy atom. The zero-order chi connectivity index (χ0) is 21.8. The van der Waals surface area contributed by atoms with Crippen LogP contribution in [0.3, 0.4) is 0 Å². The largest absolute Gasteiger partial charge is 0.378 e. The van der Waals surface area contributed by atoms with Gasteiger partial charge in [-0.2, -0.15) is 0 Å². The van der Waals surface area contributed by atoms with Gasteiger partial charge in [-0.15, -0.1) is 10.2 Å². The lowest BCUT2D eigenvalue weighted by Crippen LogP contribution is -2.37. The van der Waals surface area contributed by atoms with Crippen molar-refractivity contribution in [1.29, 1.82) is 0 Å². The lowest BCUT2D eigenvalue weighted by Gasteiger charge is -2.28. The number of hydrogen-bond acceptors (Lipinski definition) is 6. The first-order valence-electron chi connectivity index (χ1n) is 10.1. The molecule has 1 amide bonds. The number of hydrogen-bond donors (Lipinski definition) is 1. The van der Waals surface area contributed by atoms with Crippen LogP contribution in [-0.2, 0) is 9.53 Å². The number of morpholine rings is 1. The maximum atomic E-state index is 12.6. The highest BCUT2D eigenvalue weighted by Crippen LogP contribution is 2.28. The second-order valence-electron chi connectivity index (χ2n) is 7.31. The molecular weight excluding hydrogens is 434 g/mol. The molecule has 1 aliphatic rings. The number of anilines is 2. The van der Waals surface area contributed by atoms with E-state index >= 15 is 0 Å². The van der Waals surface area contributed by atoms with E-state index in [1.807, 2.05) is 35.8 Å². The Morgan fingerprint density at radius 3 is 2.71 bits per heavy atom. The van der Waals surface area contributed by atoms with E-state index in [1.54, 1.807) is 6.07 Å². The van der Waals surface area contributed by atoms with Crippen molar-refractivity contribution >= 4 is 40.9 Å². The van der Waals surface area contributed by atoms with Crippen LogP contribution in [0, 0.1) is 13.8 Å². The van der Waals surface area contributed by atoms with Gasteiger partial charge in [0.2, 0.25) is 11.9 Å². The summed E-state index contributed by atoms with van der Waals surface area (Å²) in [7, 11) is 0. The molecule has 1 fully saturated rings. The first-order valence-corrected chi connectivity index (χ1v) is 11.4. The molecule has 1 saturated heterocycles. The Kier molecular flexibility index (Phi) is 6.80. The van der Waals surface area contributed by atoms with Crippen LogP contribution >= 0.6 is 23.4 Å². The molecule has 0 aliphatic carbocycles. The van der Waals surface area contributed by atoms with Gasteiger partial charge in [-0.3, -0.25) is 9.36 Å². The summed E-state index contributed by atoms with van der Waals surface area (Å²) in [6, 6.07) is 13.6. The van der Waals surface area contributed by atoms with Gasteiger partial charge >= 0.3 is 0 Å². The SMILES string of the molecule is Cc1cccc(-n2c(SCC(=O)Nc3cccc(Cl)c3C)nnc2N2CCOCC2)c1. The molecule has 1 aliphatic heterocycles. The van der Waals surface area contributed by atoms with Gasteiger partial charge in [0.1, 0.15) is 0 Å². The van der Waals surface area contributed by atoms with E-state index < -0.39 is 0 Å². The van der Waals surface area contributed by atoms with Crippen molar-refractivity contribution in [1.82, 2.24) is 14.8 Å². The summed E-state index contributed by atoms with van der Waals surface area (Å²) in [4.78, 5) is 14.8. The van der Waals surface area contributed by atoms with Crippen LogP contribution in [0.4, 0.5) is 11.6 Å². The highest BCUT2D eigenvalue weighted by molar-refractivity contribution is 7.99. The summed E-state index contributed by atoms with van der Waals surface area (Å²) in [6.07, 6.45) is 0. The van der Waals surface area contributed by atoms with Crippen molar-refractivity contribution < 1.29 is 9.53 Å². The molecule has 0 unspecified atom stereocenters. The van der Waals surface area contributed by atoms with Crippen molar-refractivity contribution in [3.8, 4) is 5.69 Å². The minimum Gasteiger partial charge on any atom is -0.378 e. The third kappa shape index (κ3) is 5.03. The zero-order valence-corrected chi connectivity index (χ0v) is 19.0. The quantitative estimate of drug-likeness (QED) is 0.562. The van der Waals surface area contributed by atoms with Crippen LogP contribution in [0.5, 0.6) is 0 Å². The molecule has 0 saturated carbocycles. The van der Waals surface area contributed by atoms with E-state index in [-0.39, 0.29) is 11.7 Å². The number of rotatable bonds is 6. The fourth-order valence-corrected chi connectivity index (χ4v) is 4.30. The van der Waals surface area contributed by atoms with Crippen LogP contribution in [-0.4, -0.2) is 52.7 Å². The minimum atomic E-state index is -0.123. The van der Waals surface area contributed by atoms with Crippen LogP contribution in [0.2, 0.25) is 5.02 Å². The Morgan fingerprint density at radius 2 is 1.94 bits per heavy atom. The second-order valence-corrected chi connectivity index (χ2v) is 8.66. The van der Waals surface area contributed by atoms with E-state index in [1.165, 1.54) is 11.8 Å². The average molecular weight is 458 g/mol. The molecule has 9 heteroatoms. The van der Waals surface area contributed by atoms with E-state index in [9.17, 15) is 4.79 Å². The Balaban J connectivity index is 1.55. The van der Waals surface area contributed by atoms with Crippen molar-refractivity contribution in [2.75, 3.05) is 42.3 Å². The Labute approximate surface area is 190 Å². The standard InChI is InChI=1S/C22H24ClN5O2S/c1-15-5-3-6-17(13-15)28-21(27-9-11-30-12-10-27)25-26-22(28)31-14-20(29)24-19-8-4-7-18(23)16(19)2/h3-8,13H,9-12,14H2,1-2H3,(H,24,29). The number of carbonyl (C=O) groups is 1. The van der Waals surface area contributed by atoms with Gasteiger partial charge in [-0.1, -0.05) is 41.6 Å². The van der Waals surface area contributed by atoms with Crippen molar-refractivity contribution in [3.63, 3.8) is 0 Å². The van der Waals surface area contributed by atoms with Crippen molar-refractivity contribution in [2.45, 2.75) is 19.0 Å². The van der Waals surface area contributed by atoms with Crippen LogP contribution in [0.25, 0.3) is 5.69 Å². The minimum absolute atomic E-state index is 0.123. The Bertz CT molecular complexity index is 1080. The molecule has 2 aromatic carbocycles. The smallest absolute Gasteiger partial charge is 0.234 e. The number of nitrogens with zero attached hydrogens (tertiary/aromatic N) is 4. The molecule has 1 N–H and O–H groups in total. The average Bonchev–Trinajstić information content (AvgIpc) is 3.20. The molecule has 0 radical (unpaired) electrons. The molecule has 4 rings (SSSR count). The molecule has 0 bridgehead atoms. The van der Waals surface area contributed by atoms with Gasteiger partial charge < -0.3 is 15.0 Å². The van der Waals surface area contributed by atoms with Crippen LogP contribution < -0.4 is 10.2 Å². The summed E-state index contributed by atoms with van der Waals surface area (Å²) >= 11 is 7.51. The molecule has 0 atom stereocenters. The van der Waals surface area contributed by atoms with E-state index in [2.05, 4.69) is 39.5 Å². The number of nitrogens with one attached hydrogen (secondary N) is 1. The van der Waals surface area contributed by atoms with Gasteiger partial charge in [-0.05, 0) is 49.2 Å². The highest BCUT2D eigenvalue weighted by atomic mass is 35.5. The molecule has 7 nitrogen and oxygen atoms in total. The maximum absolute atomic E-state index is 12.6. The summed E-state index contributed by atoms with van der Waals surface area (Å²) < 4.78 is 7.49. The van der Waals surface area contributed by atoms with E-state index in [0.717, 1.165) is 35.9 Å². The fraction of sp³-hybridized carbons (Fsp3) is 0.318. The Hall–Kier alpha value is -2.55. The van der Waals surface area contributed by atoms with Crippen molar-refractivity contribution in [2.24, 2.45) is 0 Å². The van der Waals surface area contributed by atoms with E-state index in [0.29, 0.717) is 29.1 Å². The molecule has 1 aromatic heterocycles. The number of thioether (sulfide) groups is 1. The molecule has 2 heterocycles.